The highest BCUT2D eigenvalue weighted by atomic mass is 19.4. The minimum atomic E-state index is -4.85. The third kappa shape index (κ3) is 5.40. The van der Waals surface area contributed by atoms with E-state index in [4.69, 9.17) is 5.73 Å². The maximum atomic E-state index is 14.4. The molecule has 0 bridgehead atoms. The minimum absolute atomic E-state index is 0.00000635. The van der Waals surface area contributed by atoms with Crippen molar-refractivity contribution in [2.75, 3.05) is 0 Å². The zero-order valence-corrected chi connectivity index (χ0v) is 19.4. The Labute approximate surface area is 197 Å². The van der Waals surface area contributed by atoms with Crippen LogP contribution in [0.1, 0.15) is 63.4 Å². The highest BCUT2D eigenvalue weighted by Crippen LogP contribution is 2.50. The lowest BCUT2D eigenvalue weighted by Gasteiger charge is -2.37. The van der Waals surface area contributed by atoms with Gasteiger partial charge in [0.2, 0.25) is 5.91 Å². The van der Waals surface area contributed by atoms with E-state index in [9.17, 15) is 28.3 Å². The average Bonchev–Trinajstić information content (AvgIpc) is 3.57. The normalized spacial score (nSPS) is 17.5. The SMILES string of the molecule is CC(C)C[C@H](N)C(=O)N([C@@H](c1ccc(-c2ccc(C(C)O)cc2)cn1)C(F)(F)F)C1(C#N)CC1. The van der Waals surface area contributed by atoms with Crippen LogP contribution < -0.4 is 5.73 Å². The van der Waals surface area contributed by atoms with E-state index in [1.54, 1.807) is 31.2 Å². The number of halogens is 3. The Hall–Kier alpha value is -2.96. The number of aliphatic hydroxyl groups is 1. The van der Waals surface area contributed by atoms with Gasteiger partial charge < -0.3 is 15.7 Å². The Morgan fingerprint density at radius 3 is 2.18 bits per heavy atom. The lowest BCUT2D eigenvalue weighted by molar-refractivity contribution is -0.198. The molecular formula is C25H29F3N4O2. The first kappa shape index (κ1) is 25.7. The molecule has 6 nitrogen and oxygen atoms in total. The first-order chi connectivity index (χ1) is 15.9. The van der Waals surface area contributed by atoms with Gasteiger partial charge in [-0.05, 0) is 49.3 Å². The molecule has 9 heteroatoms. The zero-order valence-electron chi connectivity index (χ0n) is 19.4. The summed E-state index contributed by atoms with van der Waals surface area (Å²) in [6, 6.07) is 8.07. The predicted octanol–water partition coefficient (Wildman–Crippen LogP) is 4.66. The molecule has 1 aromatic heterocycles. The highest BCUT2D eigenvalue weighted by Gasteiger charge is 2.60. The third-order valence-corrected chi connectivity index (χ3v) is 6.03. The first-order valence-electron chi connectivity index (χ1n) is 11.2. The number of alkyl halides is 3. The Balaban J connectivity index is 1.99. The van der Waals surface area contributed by atoms with E-state index in [1.807, 2.05) is 19.9 Å². The maximum Gasteiger partial charge on any atom is 0.414 e. The van der Waals surface area contributed by atoms with Gasteiger partial charge in [-0.2, -0.15) is 18.4 Å². The van der Waals surface area contributed by atoms with Crippen molar-refractivity contribution in [1.29, 1.82) is 5.26 Å². The van der Waals surface area contributed by atoms with Gasteiger partial charge in [0, 0.05) is 11.8 Å². The van der Waals surface area contributed by atoms with E-state index in [0.29, 0.717) is 16.0 Å². The largest absolute Gasteiger partial charge is 0.414 e. The number of nitriles is 1. The van der Waals surface area contributed by atoms with Crippen LogP contribution in [0.3, 0.4) is 0 Å². The number of pyridine rings is 1. The van der Waals surface area contributed by atoms with E-state index in [1.165, 1.54) is 18.3 Å². The van der Waals surface area contributed by atoms with Gasteiger partial charge in [0.1, 0.15) is 5.54 Å². The summed E-state index contributed by atoms with van der Waals surface area (Å²) in [4.78, 5) is 17.9. The molecular weight excluding hydrogens is 445 g/mol. The van der Waals surface area contributed by atoms with Crippen molar-refractivity contribution in [3.63, 3.8) is 0 Å². The molecule has 0 spiro atoms. The molecule has 182 valence electrons. The molecule has 1 amide bonds. The summed E-state index contributed by atoms with van der Waals surface area (Å²) < 4.78 is 43.1. The smallest absolute Gasteiger partial charge is 0.389 e. The number of nitrogens with zero attached hydrogens (tertiary/aromatic N) is 3. The van der Waals surface area contributed by atoms with Crippen LogP contribution in [0.4, 0.5) is 13.2 Å². The standard InChI is InChI=1S/C25H29F3N4O2/c1-15(2)12-20(30)23(34)32(24(14-29)10-11-24)22(25(26,27)28)21-9-8-19(13-31-21)18-6-4-17(5-7-18)16(3)33/h4-9,13,15-16,20,22,33H,10-12,30H2,1-3H3/t16?,20-,22-/m0/s1. The quantitative estimate of drug-likeness (QED) is 0.579. The van der Waals surface area contributed by atoms with E-state index in [0.717, 1.165) is 5.56 Å². The fourth-order valence-corrected chi connectivity index (χ4v) is 4.04. The predicted molar refractivity (Wildman–Crippen MR) is 121 cm³/mol. The Morgan fingerprint density at radius 2 is 1.76 bits per heavy atom. The van der Waals surface area contributed by atoms with Crippen LogP contribution in [-0.4, -0.2) is 38.7 Å². The second kappa shape index (κ2) is 9.72. The van der Waals surface area contributed by atoms with Crippen LogP contribution >= 0.6 is 0 Å². The number of carbonyl (C=O) groups excluding carboxylic acids is 1. The third-order valence-electron chi connectivity index (χ3n) is 6.03. The van der Waals surface area contributed by atoms with Gasteiger partial charge in [-0.3, -0.25) is 9.78 Å². The monoisotopic (exact) mass is 474 g/mol. The van der Waals surface area contributed by atoms with Crippen LogP contribution in [0, 0.1) is 17.2 Å². The van der Waals surface area contributed by atoms with Crippen LogP contribution in [0.5, 0.6) is 0 Å². The van der Waals surface area contributed by atoms with E-state index >= 15 is 0 Å². The molecule has 1 aliphatic rings. The van der Waals surface area contributed by atoms with E-state index in [-0.39, 0.29) is 30.9 Å². The Morgan fingerprint density at radius 1 is 1.18 bits per heavy atom. The number of rotatable bonds is 8. The van der Waals surface area contributed by atoms with Crippen LogP contribution in [0.2, 0.25) is 0 Å². The number of nitrogens with two attached hydrogens (primary N) is 1. The van der Waals surface area contributed by atoms with Crippen LogP contribution in [0.25, 0.3) is 11.1 Å². The molecule has 0 aliphatic heterocycles. The summed E-state index contributed by atoms with van der Waals surface area (Å²) in [6.07, 6.45) is -3.66. The average molecular weight is 475 g/mol. The molecule has 1 unspecified atom stereocenters. The minimum Gasteiger partial charge on any atom is -0.389 e. The van der Waals surface area contributed by atoms with E-state index < -0.39 is 35.8 Å². The van der Waals surface area contributed by atoms with Crippen molar-refractivity contribution in [3.8, 4) is 17.2 Å². The summed E-state index contributed by atoms with van der Waals surface area (Å²) >= 11 is 0. The summed E-state index contributed by atoms with van der Waals surface area (Å²) in [6.45, 7) is 5.28. The topological polar surface area (TPSA) is 103 Å². The van der Waals surface area contributed by atoms with Gasteiger partial charge in [-0.15, -0.1) is 0 Å². The molecule has 2 aromatic rings. The molecule has 34 heavy (non-hydrogen) atoms. The molecule has 1 aromatic carbocycles. The maximum absolute atomic E-state index is 14.4. The highest BCUT2D eigenvalue weighted by molar-refractivity contribution is 5.84. The van der Waals surface area contributed by atoms with Crippen molar-refractivity contribution >= 4 is 5.91 Å². The van der Waals surface area contributed by atoms with Gasteiger partial charge in [-0.25, -0.2) is 0 Å². The van der Waals surface area contributed by atoms with Gasteiger partial charge >= 0.3 is 6.18 Å². The summed E-state index contributed by atoms with van der Waals surface area (Å²) in [5, 5.41) is 19.3. The molecule has 0 radical (unpaired) electrons. The number of carbonyl (C=O) groups is 1. The Bertz CT molecular complexity index is 1040. The zero-order chi connectivity index (χ0) is 25.3. The molecule has 1 saturated carbocycles. The molecule has 0 saturated heterocycles. The van der Waals surface area contributed by atoms with Crippen molar-refractivity contribution in [3.05, 3.63) is 53.9 Å². The Kier molecular flexibility index (Phi) is 7.34. The number of amides is 1. The molecule has 3 atom stereocenters. The van der Waals surface area contributed by atoms with Crippen molar-refractivity contribution in [2.45, 2.75) is 69.9 Å². The number of hydrogen-bond acceptors (Lipinski definition) is 5. The van der Waals surface area contributed by atoms with Crippen molar-refractivity contribution in [2.24, 2.45) is 11.7 Å². The second-order valence-electron chi connectivity index (χ2n) is 9.30. The lowest BCUT2D eigenvalue weighted by atomic mass is 9.99. The number of aromatic nitrogens is 1. The molecule has 3 N–H and O–H groups in total. The van der Waals surface area contributed by atoms with Crippen LogP contribution in [-0.2, 0) is 4.79 Å². The van der Waals surface area contributed by atoms with Gasteiger partial charge in [-0.1, -0.05) is 44.2 Å². The number of benzene rings is 1. The first-order valence-corrected chi connectivity index (χ1v) is 11.2. The lowest BCUT2D eigenvalue weighted by Crippen LogP contribution is -2.55. The molecule has 1 fully saturated rings. The van der Waals surface area contributed by atoms with E-state index in [2.05, 4.69) is 4.98 Å². The molecule has 1 heterocycles. The van der Waals surface area contributed by atoms with Crippen molar-refractivity contribution < 1.29 is 23.1 Å². The fourth-order valence-electron chi connectivity index (χ4n) is 4.04. The molecule has 1 aliphatic carbocycles. The second-order valence-corrected chi connectivity index (χ2v) is 9.30. The molecule has 3 rings (SSSR count). The number of aliphatic hydroxyl groups excluding tert-OH is 1. The van der Waals surface area contributed by atoms with Crippen LogP contribution in [0.15, 0.2) is 42.6 Å². The van der Waals surface area contributed by atoms with Crippen molar-refractivity contribution in [1.82, 2.24) is 9.88 Å². The number of hydrogen-bond donors (Lipinski definition) is 2. The van der Waals surface area contributed by atoms with Gasteiger partial charge in [0.15, 0.2) is 6.04 Å². The summed E-state index contributed by atoms with van der Waals surface area (Å²) in [5.41, 5.74) is 6.08. The van der Waals surface area contributed by atoms with Gasteiger partial charge in [0.25, 0.3) is 0 Å². The summed E-state index contributed by atoms with van der Waals surface area (Å²) in [7, 11) is 0. The van der Waals surface area contributed by atoms with Gasteiger partial charge in [0.05, 0.1) is 23.9 Å². The summed E-state index contributed by atoms with van der Waals surface area (Å²) in [5.74, 6) is -0.894. The fraction of sp³-hybridized carbons (Fsp3) is 0.480.